The molecule has 0 aliphatic rings. The third-order valence-electron chi connectivity index (χ3n) is 2.68. The molecular weight excluding hydrogens is 284 g/mol. The zero-order chi connectivity index (χ0) is 14.5. The van der Waals surface area contributed by atoms with Crippen LogP contribution in [0.2, 0.25) is 0 Å². The number of benzene rings is 1. The molecule has 0 aliphatic carbocycles. The number of esters is 1. The van der Waals surface area contributed by atoms with E-state index in [9.17, 15) is 13.2 Å². The van der Waals surface area contributed by atoms with E-state index in [-0.39, 0.29) is 13.0 Å². The molecule has 0 aromatic heterocycles. The molecule has 0 heterocycles. The quantitative estimate of drug-likeness (QED) is 0.597. The van der Waals surface area contributed by atoms with E-state index in [1.54, 1.807) is 38.1 Å². The zero-order valence-electron chi connectivity index (χ0n) is 11.3. The maximum absolute atomic E-state index is 12.1. The van der Waals surface area contributed by atoms with Gasteiger partial charge in [0.05, 0.1) is 6.61 Å². The Bertz CT molecular complexity index is 525. The van der Waals surface area contributed by atoms with Gasteiger partial charge in [-0.1, -0.05) is 36.9 Å². The summed E-state index contributed by atoms with van der Waals surface area (Å²) in [5.74, 6) is -0.700. The van der Waals surface area contributed by atoms with Gasteiger partial charge in [-0.05, 0) is 25.5 Å². The summed E-state index contributed by atoms with van der Waals surface area (Å²) < 4.78 is 27.5. The highest BCUT2D eigenvalue weighted by atomic mass is 32.3. The van der Waals surface area contributed by atoms with Crippen LogP contribution >= 0.6 is 11.8 Å². The molecule has 1 atom stereocenters. The molecule has 106 valence electrons. The van der Waals surface area contributed by atoms with Gasteiger partial charge >= 0.3 is 5.97 Å². The van der Waals surface area contributed by atoms with Crippen LogP contribution in [0.3, 0.4) is 0 Å². The van der Waals surface area contributed by atoms with Crippen molar-refractivity contribution in [2.75, 3.05) is 12.9 Å². The van der Waals surface area contributed by atoms with Crippen LogP contribution in [0.5, 0.6) is 0 Å². The third-order valence-corrected chi connectivity index (χ3v) is 6.78. The van der Waals surface area contributed by atoms with E-state index in [0.29, 0.717) is 0 Å². The highest BCUT2D eigenvalue weighted by Gasteiger charge is 2.49. The van der Waals surface area contributed by atoms with Crippen molar-refractivity contribution < 1.29 is 17.9 Å². The first kappa shape index (κ1) is 16.0. The van der Waals surface area contributed by atoms with Gasteiger partial charge in [0, 0.05) is 11.2 Å². The van der Waals surface area contributed by atoms with Crippen molar-refractivity contribution >= 4 is 27.6 Å². The van der Waals surface area contributed by atoms with E-state index >= 15 is 0 Å². The van der Waals surface area contributed by atoms with Crippen molar-refractivity contribution in [2.45, 2.75) is 29.2 Å². The second-order valence-electron chi connectivity index (χ2n) is 4.01. The molecule has 0 amide bonds. The molecule has 19 heavy (non-hydrogen) atoms. The van der Waals surface area contributed by atoms with E-state index < -0.39 is 19.9 Å². The number of thioether (sulfide) groups is 1. The smallest absolute Gasteiger partial charge is 0.338 e. The van der Waals surface area contributed by atoms with Crippen molar-refractivity contribution in [3.8, 4) is 0 Å². The minimum atomic E-state index is -3.61. The Balaban J connectivity index is 3.22. The molecule has 0 spiro atoms. The van der Waals surface area contributed by atoms with Crippen LogP contribution in [0.4, 0.5) is 0 Å². The summed E-state index contributed by atoms with van der Waals surface area (Å²) in [6.07, 6.45) is 1.23. The van der Waals surface area contributed by atoms with E-state index in [0.717, 1.165) is 22.9 Å². The lowest BCUT2D eigenvalue weighted by Crippen LogP contribution is -2.43. The van der Waals surface area contributed by atoms with Gasteiger partial charge in [-0.2, -0.15) is 0 Å². The van der Waals surface area contributed by atoms with Crippen LogP contribution < -0.4 is 0 Å². The molecule has 0 bridgehead atoms. The number of hydrogen-bond acceptors (Lipinski definition) is 5. The number of carbonyl (C=O) groups is 1. The average Bonchev–Trinajstić information content (AvgIpc) is 2.36. The molecule has 1 aromatic rings. The number of ether oxygens (including phenoxy) is 1. The van der Waals surface area contributed by atoms with Gasteiger partial charge in [0.2, 0.25) is 4.08 Å². The average molecular weight is 302 g/mol. The fourth-order valence-electron chi connectivity index (χ4n) is 1.67. The molecule has 1 unspecified atom stereocenters. The van der Waals surface area contributed by atoms with Crippen molar-refractivity contribution in [3.05, 3.63) is 30.3 Å². The molecule has 1 rings (SSSR count). The van der Waals surface area contributed by atoms with E-state index in [4.69, 9.17) is 4.74 Å². The molecule has 0 saturated carbocycles. The topological polar surface area (TPSA) is 60.4 Å². The number of sulfone groups is 1. The van der Waals surface area contributed by atoms with Gasteiger partial charge in [0.15, 0.2) is 9.84 Å². The summed E-state index contributed by atoms with van der Waals surface area (Å²) in [4.78, 5) is 12.8. The number of rotatable bonds is 6. The molecule has 0 saturated heterocycles. The predicted octanol–water partition coefficient (Wildman–Crippen LogP) is 2.49. The SMILES string of the molecule is CCOC(=O)C(CC)(Sc1ccccc1)S(C)(=O)=O. The van der Waals surface area contributed by atoms with E-state index in [2.05, 4.69) is 0 Å². The minimum absolute atomic E-state index is 0.157. The van der Waals surface area contributed by atoms with Crippen LogP contribution in [-0.4, -0.2) is 31.3 Å². The molecule has 6 heteroatoms. The van der Waals surface area contributed by atoms with Crippen LogP contribution in [0.15, 0.2) is 35.2 Å². The van der Waals surface area contributed by atoms with E-state index in [1.165, 1.54) is 0 Å². The lowest BCUT2D eigenvalue weighted by molar-refractivity contribution is -0.143. The van der Waals surface area contributed by atoms with Crippen molar-refractivity contribution in [1.29, 1.82) is 0 Å². The highest BCUT2D eigenvalue weighted by Crippen LogP contribution is 2.40. The van der Waals surface area contributed by atoms with Gasteiger partial charge in [0.1, 0.15) is 0 Å². The Labute approximate surface area is 118 Å². The first-order valence-electron chi connectivity index (χ1n) is 5.98. The van der Waals surface area contributed by atoms with Gasteiger partial charge in [-0.15, -0.1) is 0 Å². The summed E-state index contributed by atoms with van der Waals surface area (Å²) >= 11 is 1.03. The third kappa shape index (κ3) is 3.51. The highest BCUT2D eigenvalue weighted by molar-refractivity contribution is 8.15. The maximum atomic E-state index is 12.1. The predicted molar refractivity (Wildman–Crippen MR) is 76.8 cm³/mol. The van der Waals surface area contributed by atoms with Crippen molar-refractivity contribution in [3.63, 3.8) is 0 Å². The molecule has 4 nitrogen and oxygen atoms in total. The number of carbonyl (C=O) groups excluding carboxylic acids is 1. The first-order chi connectivity index (χ1) is 8.87. The Morgan fingerprint density at radius 3 is 2.26 bits per heavy atom. The van der Waals surface area contributed by atoms with Crippen LogP contribution in [0.1, 0.15) is 20.3 Å². The maximum Gasteiger partial charge on any atom is 0.338 e. The monoisotopic (exact) mass is 302 g/mol. The summed E-state index contributed by atoms with van der Waals surface area (Å²) in [6.45, 7) is 3.49. The van der Waals surface area contributed by atoms with Gasteiger partial charge in [-0.3, -0.25) is 0 Å². The Morgan fingerprint density at radius 1 is 1.26 bits per heavy atom. The summed E-state index contributed by atoms with van der Waals surface area (Å²) in [5, 5.41) is 0. The standard InChI is InChI=1S/C13H18O4S2/c1-4-13(19(3,15)16,12(14)17-5-2)18-11-9-7-6-8-10-11/h6-10H,4-5H2,1-3H3. The van der Waals surface area contributed by atoms with Crippen LogP contribution in [-0.2, 0) is 19.4 Å². The second kappa shape index (κ2) is 6.43. The molecule has 1 aromatic carbocycles. The first-order valence-corrected chi connectivity index (χ1v) is 8.69. The van der Waals surface area contributed by atoms with Gasteiger partial charge in [-0.25, -0.2) is 13.2 Å². The normalized spacial score (nSPS) is 14.7. The summed E-state index contributed by atoms with van der Waals surface area (Å²) in [7, 11) is -3.61. The fourth-order valence-corrected chi connectivity index (χ4v) is 4.41. The zero-order valence-corrected chi connectivity index (χ0v) is 12.9. The largest absolute Gasteiger partial charge is 0.464 e. The summed E-state index contributed by atoms with van der Waals surface area (Å²) in [6, 6.07) is 8.99. The fraction of sp³-hybridized carbons (Fsp3) is 0.462. The Kier molecular flexibility index (Phi) is 5.43. The molecule has 0 aliphatic heterocycles. The van der Waals surface area contributed by atoms with Crippen molar-refractivity contribution in [1.82, 2.24) is 0 Å². The van der Waals surface area contributed by atoms with Crippen molar-refractivity contribution in [2.24, 2.45) is 0 Å². The molecule has 0 N–H and O–H groups in total. The number of hydrogen-bond donors (Lipinski definition) is 0. The van der Waals surface area contributed by atoms with Crippen LogP contribution in [0.25, 0.3) is 0 Å². The second-order valence-corrected chi connectivity index (χ2v) is 7.89. The lowest BCUT2D eigenvalue weighted by Gasteiger charge is -2.27. The van der Waals surface area contributed by atoms with Gasteiger partial charge < -0.3 is 4.74 Å². The lowest BCUT2D eigenvalue weighted by atomic mass is 10.3. The van der Waals surface area contributed by atoms with Crippen LogP contribution in [0, 0.1) is 0 Å². The molecule has 0 radical (unpaired) electrons. The molecular formula is C13H18O4S2. The Morgan fingerprint density at radius 2 is 1.84 bits per heavy atom. The van der Waals surface area contributed by atoms with Gasteiger partial charge in [0.25, 0.3) is 0 Å². The molecule has 0 fully saturated rings. The minimum Gasteiger partial charge on any atom is -0.464 e. The van der Waals surface area contributed by atoms with E-state index in [1.807, 2.05) is 6.07 Å². The Hall–Kier alpha value is -1.01. The summed E-state index contributed by atoms with van der Waals surface area (Å²) in [5.41, 5.74) is 0.